The minimum absolute atomic E-state index is 0.235. The summed E-state index contributed by atoms with van der Waals surface area (Å²) in [7, 11) is 0. The van der Waals surface area contributed by atoms with E-state index in [1.165, 1.54) is 11.3 Å². The van der Waals surface area contributed by atoms with Crippen LogP contribution in [0, 0.1) is 0 Å². The van der Waals surface area contributed by atoms with E-state index in [0.29, 0.717) is 32.2 Å². The number of hydrazone groups is 1. The van der Waals surface area contributed by atoms with Crippen molar-refractivity contribution in [3.8, 4) is 22.8 Å². The highest BCUT2D eigenvalue weighted by Crippen LogP contribution is 2.36. The van der Waals surface area contributed by atoms with E-state index in [1.807, 2.05) is 78.9 Å². The molecule has 0 aliphatic carbocycles. The van der Waals surface area contributed by atoms with Crippen molar-refractivity contribution < 1.29 is 9.53 Å². The number of thiazole rings is 1. The Hall–Kier alpha value is -3.98. The molecule has 0 spiro atoms. The van der Waals surface area contributed by atoms with Crippen LogP contribution in [0.3, 0.4) is 0 Å². The molecule has 0 saturated carbocycles. The van der Waals surface area contributed by atoms with Crippen LogP contribution in [0.4, 0.5) is 10.1 Å². The standard InChI is InChI=1S/C29H20BrClN4O2S/c30-22-13-9-21(10-14-22)27(36)34-28-26(20-11-15-23(31)16-12-20)33-29(38-28)35-32-18-19-5-4-8-25(17-19)37-24-6-2-1-3-7-24/h1-18H,(H,33,35)(H,34,36)/b32-18+. The highest BCUT2D eigenvalue weighted by molar-refractivity contribution is 9.10. The number of benzene rings is 4. The van der Waals surface area contributed by atoms with Gasteiger partial charge in [-0.1, -0.05) is 81.3 Å². The lowest BCUT2D eigenvalue weighted by atomic mass is 10.1. The monoisotopic (exact) mass is 602 g/mol. The fourth-order valence-electron chi connectivity index (χ4n) is 3.48. The molecular formula is C29H20BrClN4O2S. The summed E-state index contributed by atoms with van der Waals surface area (Å²) in [6.07, 6.45) is 1.68. The Bertz CT molecular complexity index is 1570. The fraction of sp³-hybridized carbons (Fsp3) is 0. The quantitative estimate of drug-likeness (QED) is 0.137. The molecule has 4 aromatic carbocycles. The maximum Gasteiger partial charge on any atom is 0.256 e. The summed E-state index contributed by atoms with van der Waals surface area (Å²) < 4.78 is 6.79. The average molecular weight is 604 g/mol. The van der Waals surface area contributed by atoms with Crippen molar-refractivity contribution in [2.45, 2.75) is 0 Å². The molecule has 0 fully saturated rings. The van der Waals surface area contributed by atoms with Gasteiger partial charge in [0.15, 0.2) is 0 Å². The number of anilines is 2. The molecule has 0 aliphatic rings. The van der Waals surface area contributed by atoms with Gasteiger partial charge in [-0.25, -0.2) is 4.98 Å². The van der Waals surface area contributed by atoms with Crippen LogP contribution in [-0.4, -0.2) is 17.1 Å². The zero-order valence-electron chi connectivity index (χ0n) is 19.8. The van der Waals surface area contributed by atoms with E-state index in [-0.39, 0.29) is 5.91 Å². The SMILES string of the molecule is O=C(Nc1sc(N/N=C/c2cccc(Oc3ccccc3)c2)nc1-c1ccc(Cl)cc1)c1ccc(Br)cc1. The second-order valence-electron chi connectivity index (χ2n) is 8.02. The largest absolute Gasteiger partial charge is 0.457 e. The summed E-state index contributed by atoms with van der Waals surface area (Å²) in [4.78, 5) is 17.6. The third kappa shape index (κ3) is 6.66. The third-order valence-corrected chi connectivity index (χ3v) is 6.95. The van der Waals surface area contributed by atoms with Crippen LogP contribution in [0.25, 0.3) is 11.3 Å². The summed E-state index contributed by atoms with van der Waals surface area (Å²) in [6, 6.07) is 31.6. The second-order valence-corrected chi connectivity index (χ2v) is 10.4. The van der Waals surface area contributed by atoms with Gasteiger partial charge in [0.25, 0.3) is 5.91 Å². The third-order valence-electron chi connectivity index (χ3n) is 5.29. The van der Waals surface area contributed by atoms with Gasteiger partial charge in [-0.15, -0.1) is 0 Å². The summed E-state index contributed by atoms with van der Waals surface area (Å²) in [5.41, 5.74) is 5.80. The predicted molar refractivity (Wildman–Crippen MR) is 159 cm³/mol. The van der Waals surface area contributed by atoms with Crippen LogP contribution in [0.2, 0.25) is 5.02 Å². The van der Waals surface area contributed by atoms with Crippen LogP contribution in [0.5, 0.6) is 11.5 Å². The Morgan fingerprint density at radius 1 is 0.921 bits per heavy atom. The van der Waals surface area contributed by atoms with E-state index in [0.717, 1.165) is 21.3 Å². The summed E-state index contributed by atoms with van der Waals surface area (Å²) in [5, 5.41) is 9.06. The molecule has 1 heterocycles. The molecule has 0 aliphatic heterocycles. The van der Waals surface area contributed by atoms with Crippen molar-refractivity contribution in [1.82, 2.24) is 4.98 Å². The van der Waals surface area contributed by atoms with Gasteiger partial charge in [-0.3, -0.25) is 10.2 Å². The maximum atomic E-state index is 12.9. The lowest BCUT2D eigenvalue weighted by molar-refractivity contribution is 0.102. The number of hydrogen-bond acceptors (Lipinski definition) is 6. The molecule has 0 radical (unpaired) electrons. The molecule has 5 rings (SSSR count). The first kappa shape index (κ1) is 25.7. The molecule has 0 bridgehead atoms. The smallest absolute Gasteiger partial charge is 0.256 e. The molecule has 38 heavy (non-hydrogen) atoms. The molecule has 0 unspecified atom stereocenters. The van der Waals surface area contributed by atoms with Gasteiger partial charge in [0.1, 0.15) is 22.2 Å². The first-order valence-corrected chi connectivity index (χ1v) is 13.5. The number of carbonyl (C=O) groups excluding carboxylic acids is 1. The molecule has 0 saturated heterocycles. The van der Waals surface area contributed by atoms with Crippen LogP contribution in [0.1, 0.15) is 15.9 Å². The summed E-state index contributed by atoms with van der Waals surface area (Å²) >= 11 is 10.8. The number of amides is 1. The predicted octanol–water partition coefficient (Wildman–Crippen LogP) is 8.72. The van der Waals surface area contributed by atoms with Crippen molar-refractivity contribution in [1.29, 1.82) is 0 Å². The number of aromatic nitrogens is 1. The Labute approximate surface area is 237 Å². The fourth-order valence-corrected chi connectivity index (χ4v) is 4.70. The number of ether oxygens (including phenoxy) is 1. The molecule has 2 N–H and O–H groups in total. The van der Waals surface area contributed by atoms with E-state index >= 15 is 0 Å². The molecule has 9 heteroatoms. The minimum atomic E-state index is -0.235. The number of rotatable bonds is 8. The van der Waals surface area contributed by atoms with Crippen molar-refractivity contribution in [3.63, 3.8) is 0 Å². The first-order valence-electron chi connectivity index (χ1n) is 11.5. The van der Waals surface area contributed by atoms with Crippen molar-refractivity contribution >= 4 is 61.1 Å². The number of para-hydroxylation sites is 1. The van der Waals surface area contributed by atoms with Gasteiger partial charge in [0, 0.05) is 20.6 Å². The molecular weight excluding hydrogens is 584 g/mol. The lowest BCUT2D eigenvalue weighted by Crippen LogP contribution is -2.11. The van der Waals surface area contributed by atoms with Gasteiger partial charge in [-0.05, 0) is 66.2 Å². The molecule has 1 amide bonds. The number of nitrogens with zero attached hydrogens (tertiary/aromatic N) is 2. The second kappa shape index (κ2) is 12.0. The van der Waals surface area contributed by atoms with Crippen LogP contribution in [-0.2, 0) is 0 Å². The normalized spacial score (nSPS) is 10.9. The highest BCUT2D eigenvalue weighted by Gasteiger charge is 2.17. The summed E-state index contributed by atoms with van der Waals surface area (Å²) in [5.74, 6) is 1.23. The van der Waals surface area contributed by atoms with E-state index in [9.17, 15) is 4.79 Å². The van der Waals surface area contributed by atoms with E-state index in [4.69, 9.17) is 16.3 Å². The van der Waals surface area contributed by atoms with Gasteiger partial charge in [0.2, 0.25) is 5.13 Å². The van der Waals surface area contributed by atoms with Gasteiger partial charge in [-0.2, -0.15) is 5.10 Å². The molecule has 188 valence electrons. The molecule has 1 aromatic heterocycles. The van der Waals surface area contributed by atoms with Crippen molar-refractivity contribution in [3.05, 3.63) is 124 Å². The lowest BCUT2D eigenvalue weighted by Gasteiger charge is -2.06. The number of halogens is 2. The van der Waals surface area contributed by atoms with Crippen LogP contribution >= 0.6 is 38.9 Å². The zero-order chi connectivity index (χ0) is 26.3. The Kier molecular flexibility index (Phi) is 8.13. The molecule has 5 aromatic rings. The minimum Gasteiger partial charge on any atom is -0.457 e. The number of nitrogens with one attached hydrogen (secondary N) is 2. The Morgan fingerprint density at radius 3 is 2.42 bits per heavy atom. The number of carbonyl (C=O) groups is 1. The van der Waals surface area contributed by atoms with Crippen LogP contribution < -0.4 is 15.5 Å². The molecule has 6 nitrogen and oxygen atoms in total. The van der Waals surface area contributed by atoms with Crippen molar-refractivity contribution in [2.75, 3.05) is 10.7 Å². The Morgan fingerprint density at radius 2 is 1.66 bits per heavy atom. The molecule has 0 atom stereocenters. The van der Waals surface area contributed by atoms with E-state index < -0.39 is 0 Å². The highest BCUT2D eigenvalue weighted by atomic mass is 79.9. The maximum absolute atomic E-state index is 12.9. The van der Waals surface area contributed by atoms with E-state index in [1.54, 1.807) is 30.5 Å². The number of hydrogen-bond donors (Lipinski definition) is 2. The van der Waals surface area contributed by atoms with Gasteiger partial charge in [0.05, 0.1) is 6.21 Å². The van der Waals surface area contributed by atoms with E-state index in [2.05, 4.69) is 36.8 Å². The first-order chi connectivity index (χ1) is 18.5. The zero-order valence-corrected chi connectivity index (χ0v) is 22.9. The van der Waals surface area contributed by atoms with Crippen molar-refractivity contribution in [2.24, 2.45) is 5.10 Å². The van der Waals surface area contributed by atoms with Gasteiger partial charge < -0.3 is 10.1 Å². The van der Waals surface area contributed by atoms with Crippen LogP contribution in [0.15, 0.2) is 113 Å². The van der Waals surface area contributed by atoms with Gasteiger partial charge >= 0.3 is 0 Å². The topological polar surface area (TPSA) is 75.6 Å². The Balaban J connectivity index is 1.34. The summed E-state index contributed by atoms with van der Waals surface area (Å²) in [6.45, 7) is 0. The average Bonchev–Trinajstić information content (AvgIpc) is 3.32.